The van der Waals surface area contributed by atoms with Gasteiger partial charge in [-0.15, -0.1) is 0 Å². The first-order valence-corrected chi connectivity index (χ1v) is 10.3. The Morgan fingerprint density at radius 1 is 1.19 bits per heavy atom. The molecule has 0 aliphatic heterocycles. The predicted octanol–water partition coefficient (Wildman–Crippen LogP) is 5.02. The summed E-state index contributed by atoms with van der Waals surface area (Å²) in [5.74, 6) is -0.592. The molecule has 2 N–H and O–H groups in total. The first kappa shape index (κ1) is 22.5. The Morgan fingerprint density at radius 2 is 1.97 bits per heavy atom. The largest absolute Gasteiger partial charge is 0.326 e. The summed E-state index contributed by atoms with van der Waals surface area (Å²) in [5.41, 5.74) is 4.89. The standard InChI is InChI=1S/C23H25ClFN5O/c1-5-30-16(4)19(15(3)29-30)13-26-23(27-18-9-10-21(25)20(24)12-18)28-22(31)17-8-6-7-14(2)11-17/h6-12H,5,13H2,1-4H3,(H2,26,27,28,31). The minimum absolute atomic E-state index is 0.0229. The summed E-state index contributed by atoms with van der Waals surface area (Å²) in [4.78, 5) is 17.4. The maximum atomic E-state index is 13.5. The highest BCUT2D eigenvalue weighted by Gasteiger charge is 2.13. The van der Waals surface area contributed by atoms with Crippen LogP contribution in [-0.4, -0.2) is 21.6 Å². The van der Waals surface area contributed by atoms with Crippen molar-refractivity contribution in [2.24, 2.45) is 4.99 Å². The molecule has 0 saturated heterocycles. The summed E-state index contributed by atoms with van der Waals surface area (Å²) in [6, 6.07) is 11.5. The molecule has 0 atom stereocenters. The molecular weight excluding hydrogens is 417 g/mol. The van der Waals surface area contributed by atoms with Gasteiger partial charge in [-0.2, -0.15) is 5.10 Å². The number of aliphatic imine (C=N–C) groups is 1. The van der Waals surface area contributed by atoms with E-state index < -0.39 is 5.82 Å². The van der Waals surface area contributed by atoms with Crippen LogP contribution in [0.15, 0.2) is 47.5 Å². The van der Waals surface area contributed by atoms with Gasteiger partial charge in [0, 0.05) is 29.1 Å². The molecule has 8 heteroatoms. The van der Waals surface area contributed by atoms with Crippen molar-refractivity contribution in [2.45, 2.75) is 40.8 Å². The van der Waals surface area contributed by atoms with Gasteiger partial charge in [0.1, 0.15) is 5.82 Å². The number of nitrogens with one attached hydrogen (secondary N) is 2. The van der Waals surface area contributed by atoms with E-state index in [1.807, 2.05) is 44.5 Å². The first-order chi connectivity index (χ1) is 14.8. The van der Waals surface area contributed by atoms with Crippen molar-refractivity contribution < 1.29 is 9.18 Å². The van der Waals surface area contributed by atoms with Crippen LogP contribution in [0.2, 0.25) is 5.02 Å². The lowest BCUT2D eigenvalue weighted by Gasteiger charge is -2.13. The van der Waals surface area contributed by atoms with Crippen molar-refractivity contribution in [2.75, 3.05) is 5.32 Å². The minimum atomic E-state index is -0.521. The second-order valence-electron chi connectivity index (χ2n) is 7.21. The number of aryl methyl sites for hydroxylation is 3. The maximum Gasteiger partial charge on any atom is 0.257 e. The summed E-state index contributed by atoms with van der Waals surface area (Å²) in [5, 5.41) is 10.3. The second-order valence-corrected chi connectivity index (χ2v) is 7.61. The van der Waals surface area contributed by atoms with Gasteiger partial charge in [-0.25, -0.2) is 9.38 Å². The van der Waals surface area contributed by atoms with Gasteiger partial charge in [-0.3, -0.25) is 14.8 Å². The SMILES string of the molecule is CCn1nc(C)c(CN=C(NC(=O)c2cccc(C)c2)Nc2ccc(F)c(Cl)c2)c1C. The molecule has 31 heavy (non-hydrogen) atoms. The number of carbonyl (C=O) groups is 1. The van der Waals surface area contributed by atoms with Crippen LogP contribution in [0.5, 0.6) is 0 Å². The van der Waals surface area contributed by atoms with E-state index >= 15 is 0 Å². The highest BCUT2D eigenvalue weighted by Crippen LogP contribution is 2.20. The second kappa shape index (κ2) is 9.75. The van der Waals surface area contributed by atoms with Gasteiger partial charge in [-0.1, -0.05) is 29.3 Å². The van der Waals surface area contributed by atoms with Gasteiger partial charge in [-0.05, 0) is 58.0 Å². The zero-order valence-corrected chi connectivity index (χ0v) is 18.7. The van der Waals surface area contributed by atoms with Crippen LogP contribution in [-0.2, 0) is 13.1 Å². The van der Waals surface area contributed by atoms with E-state index in [0.717, 1.165) is 29.1 Å². The van der Waals surface area contributed by atoms with Crippen LogP contribution in [0.25, 0.3) is 0 Å². The summed E-state index contributed by atoms with van der Waals surface area (Å²) in [7, 11) is 0. The first-order valence-electron chi connectivity index (χ1n) is 9.96. The number of guanidine groups is 1. The number of hydrogen-bond donors (Lipinski definition) is 2. The molecule has 0 spiro atoms. The normalized spacial score (nSPS) is 11.5. The van der Waals surface area contributed by atoms with E-state index in [-0.39, 0.29) is 16.9 Å². The Bertz CT molecular complexity index is 1140. The third-order valence-electron chi connectivity index (χ3n) is 4.92. The lowest BCUT2D eigenvalue weighted by Crippen LogP contribution is -2.36. The molecule has 0 aliphatic carbocycles. The summed E-state index contributed by atoms with van der Waals surface area (Å²) < 4.78 is 15.4. The number of halogens is 2. The predicted molar refractivity (Wildman–Crippen MR) is 122 cm³/mol. The van der Waals surface area contributed by atoms with Gasteiger partial charge < -0.3 is 5.32 Å². The van der Waals surface area contributed by atoms with Crippen LogP contribution < -0.4 is 10.6 Å². The maximum absolute atomic E-state index is 13.5. The molecule has 0 unspecified atom stereocenters. The number of amides is 1. The van der Waals surface area contributed by atoms with Crippen molar-refractivity contribution in [1.29, 1.82) is 0 Å². The molecule has 0 saturated carbocycles. The molecule has 3 rings (SSSR count). The monoisotopic (exact) mass is 441 g/mol. The zero-order valence-electron chi connectivity index (χ0n) is 18.0. The van der Waals surface area contributed by atoms with Crippen molar-refractivity contribution >= 4 is 29.2 Å². The van der Waals surface area contributed by atoms with Crippen LogP contribution in [0.1, 0.15) is 39.8 Å². The molecule has 0 bridgehead atoms. The van der Waals surface area contributed by atoms with Crippen LogP contribution in [0.4, 0.5) is 10.1 Å². The van der Waals surface area contributed by atoms with Crippen molar-refractivity contribution in [3.8, 4) is 0 Å². The summed E-state index contributed by atoms with van der Waals surface area (Å²) >= 11 is 5.90. The number of aromatic nitrogens is 2. The average Bonchev–Trinajstić information content (AvgIpc) is 3.01. The van der Waals surface area contributed by atoms with E-state index in [4.69, 9.17) is 11.6 Å². The fourth-order valence-electron chi connectivity index (χ4n) is 3.22. The van der Waals surface area contributed by atoms with Gasteiger partial charge >= 0.3 is 0 Å². The third kappa shape index (κ3) is 5.49. The smallest absolute Gasteiger partial charge is 0.257 e. The van der Waals surface area contributed by atoms with Crippen molar-refractivity contribution in [1.82, 2.24) is 15.1 Å². The Hall–Kier alpha value is -3.19. The topological polar surface area (TPSA) is 71.3 Å². The highest BCUT2D eigenvalue weighted by molar-refractivity contribution is 6.31. The molecule has 1 heterocycles. The Labute approximate surface area is 186 Å². The number of hydrogen-bond acceptors (Lipinski definition) is 3. The van der Waals surface area contributed by atoms with E-state index in [0.29, 0.717) is 17.8 Å². The number of anilines is 1. The Balaban J connectivity index is 1.89. The lowest BCUT2D eigenvalue weighted by atomic mass is 10.1. The van der Waals surface area contributed by atoms with Crippen LogP contribution >= 0.6 is 11.6 Å². The van der Waals surface area contributed by atoms with E-state index in [1.54, 1.807) is 12.1 Å². The van der Waals surface area contributed by atoms with E-state index in [9.17, 15) is 9.18 Å². The summed E-state index contributed by atoms with van der Waals surface area (Å²) in [6.07, 6.45) is 0. The molecule has 1 aromatic heterocycles. The molecule has 0 radical (unpaired) electrons. The number of nitrogens with zero attached hydrogens (tertiary/aromatic N) is 3. The number of rotatable bonds is 5. The summed E-state index contributed by atoms with van der Waals surface area (Å²) in [6.45, 7) is 8.96. The minimum Gasteiger partial charge on any atom is -0.326 e. The lowest BCUT2D eigenvalue weighted by molar-refractivity contribution is 0.0977. The molecule has 3 aromatic rings. The fraction of sp³-hybridized carbons (Fsp3) is 0.261. The molecule has 2 aromatic carbocycles. The Morgan fingerprint density at radius 3 is 2.61 bits per heavy atom. The van der Waals surface area contributed by atoms with Crippen molar-refractivity contribution in [3.63, 3.8) is 0 Å². The quantitative estimate of drug-likeness (QED) is 0.431. The molecule has 162 valence electrons. The Kier molecular flexibility index (Phi) is 7.07. The van der Waals surface area contributed by atoms with Gasteiger partial charge in [0.05, 0.1) is 17.3 Å². The van der Waals surface area contributed by atoms with Gasteiger partial charge in [0.15, 0.2) is 0 Å². The zero-order chi connectivity index (χ0) is 22.5. The molecule has 0 aliphatic rings. The molecular formula is C23H25ClFN5O. The van der Waals surface area contributed by atoms with Crippen molar-refractivity contribution in [3.05, 3.63) is 81.4 Å². The van der Waals surface area contributed by atoms with Gasteiger partial charge in [0.2, 0.25) is 5.96 Å². The van der Waals surface area contributed by atoms with E-state index in [1.165, 1.54) is 18.2 Å². The number of benzene rings is 2. The third-order valence-corrected chi connectivity index (χ3v) is 5.21. The van der Waals surface area contributed by atoms with Gasteiger partial charge in [0.25, 0.3) is 5.91 Å². The average molecular weight is 442 g/mol. The molecule has 1 amide bonds. The highest BCUT2D eigenvalue weighted by atomic mass is 35.5. The molecule has 0 fully saturated rings. The fourth-order valence-corrected chi connectivity index (χ4v) is 3.40. The van der Waals surface area contributed by atoms with E-state index in [2.05, 4.69) is 20.7 Å². The van der Waals surface area contributed by atoms with Crippen LogP contribution in [0.3, 0.4) is 0 Å². The van der Waals surface area contributed by atoms with Crippen LogP contribution in [0, 0.1) is 26.6 Å². The molecule has 6 nitrogen and oxygen atoms in total. The number of carbonyl (C=O) groups excluding carboxylic acids is 1.